The van der Waals surface area contributed by atoms with Crippen LogP contribution in [0.2, 0.25) is 5.02 Å². The Morgan fingerprint density at radius 2 is 1.79 bits per heavy atom. The normalized spacial score (nSPS) is 19.5. The number of piperidine rings is 1. The van der Waals surface area contributed by atoms with E-state index in [2.05, 4.69) is 27.0 Å². The summed E-state index contributed by atoms with van der Waals surface area (Å²) in [6, 6.07) is 9.65. The van der Waals surface area contributed by atoms with Crippen molar-refractivity contribution in [3.63, 3.8) is 0 Å². The number of anilines is 3. The van der Waals surface area contributed by atoms with Crippen LogP contribution >= 0.6 is 11.6 Å². The smallest absolute Gasteiger partial charge is 0.393 e. The van der Waals surface area contributed by atoms with Crippen LogP contribution in [0.25, 0.3) is 10.9 Å². The molecule has 2 fully saturated rings. The molecule has 1 aliphatic carbocycles. The highest BCUT2D eigenvalue weighted by Gasteiger charge is 2.52. The number of ether oxygens (including phenoxy) is 2. The minimum atomic E-state index is -4.36. The van der Waals surface area contributed by atoms with E-state index in [0.29, 0.717) is 59.7 Å². The van der Waals surface area contributed by atoms with Crippen LogP contribution in [0.1, 0.15) is 89.5 Å². The molecule has 9 nitrogen and oxygen atoms in total. The predicted molar refractivity (Wildman–Crippen MR) is 204 cm³/mol. The van der Waals surface area contributed by atoms with E-state index >= 15 is 0 Å². The molecule has 1 amide bonds. The number of carbonyl (C=O) groups excluding carboxylic acids is 1. The molecule has 0 radical (unpaired) electrons. The van der Waals surface area contributed by atoms with Crippen LogP contribution in [0.5, 0.6) is 11.5 Å². The number of halogens is 4. The Balaban J connectivity index is 1.32. The van der Waals surface area contributed by atoms with Gasteiger partial charge in [0.25, 0.3) is 0 Å². The monoisotopic (exact) mass is 756 g/mol. The first-order valence-electron chi connectivity index (χ1n) is 18.8. The molecule has 5 rings (SSSR count). The van der Waals surface area contributed by atoms with E-state index in [1.165, 1.54) is 12.6 Å². The Kier molecular flexibility index (Phi) is 14.1. The topological polar surface area (TPSA) is 112 Å². The highest BCUT2D eigenvalue weighted by molar-refractivity contribution is 6.32. The molecule has 2 unspecified atom stereocenters. The number of fused-ring (bicyclic) bond motifs is 1. The van der Waals surface area contributed by atoms with Crippen LogP contribution in [0.4, 0.5) is 30.2 Å². The van der Waals surface area contributed by atoms with Gasteiger partial charge in [-0.15, -0.1) is 0 Å². The minimum Gasteiger partial charge on any atom is -0.492 e. The molecule has 1 spiro atoms. The van der Waals surface area contributed by atoms with Gasteiger partial charge >= 0.3 is 6.18 Å². The predicted octanol–water partition coefficient (Wildman–Crippen LogP) is 9.61. The van der Waals surface area contributed by atoms with Crippen molar-refractivity contribution in [2.45, 2.75) is 96.2 Å². The average molecular weight is 757 g/mol. The Morgan fingerprint density at radius 1 is 1.08 bits per heavy atom. The first-order valence-corrected chi connectivity index (χ1v) is 19.2. The van der Waals surface area contributed by atoms with Gasteiger partial charge in [0, 0.05) is 36.3 Å². The molecular weight excluding hydrogens is 705 g/mol. The number of carbonyl (C=O) groups is 1. The van der Waals surface area contributed by atoms with Gasteiger partial charge in [0.05, 0.1) is 46.0 Å². The maximum absolute atomic E-state index is 14.5. The second kappa shape index (κ2) is 18.5. The summed E-state index contributed by atoms with van der Waals surface area (Å²) in [5.41, 5.74) is 1.88. The van der Waals surface area contributed by atoms with Crippen LogP contribution in [0.3, 0.4) is 0 Å². The molecule has 0 bridgehead atoms. The first-order chi connectivity index (χ1) is 25.4. The van der Waals surface area contributed by atoms with Gasteiger partial charge in [-0.25, -0.2) is 0 Å². The lowest BCUT2D eigenvalue weighted by Crippen LogP contribution is -2.57. The van der Waals surface area contributed by atoms with Gasteiger partial charge in [-0.3, -0.25) is 9.78 Å². The molecule has 3 N–H and O–H groups in total. The van der Waals surface area contributed by atoms with Crippen molar-refractivity contribution in [2.24, 2.45) is 11.3 Å². The number of aromatic nitrogens is 1. The fraction of sp³-hybridized carbons (Fsp3) is 0.575. The number of hydrogen-bond donors (Lipinski definition) is 3. The fourth-order valence-electron chi connectivity index (χ4n) is 7.68. The first kappa shape index (κ1) is 40.4. The Labute approximate surface area is 315 Å². The van der Waals surface area contributed by atoms with E-state index in [1.54, 1.807) is 30.3 Å². The minimum absolute atomic E-state index is 0.114. The number of nitriles is 1. The molecule has 53 heavy (non-hydrogen) atoms. The van der Waals surface area contributed by atoms with E-state index in [-0.39, 0.29) is 40.7 Å². The molecular formula is C40H52ClF3N6O3. The SMILES string of the molecule is CCOc1cc2ncc(C#N)c(Nc3ccc(OCC4NCC5(CCCCCCCCC5)CC4C(F)(F)F)c(Cl)c3)c2cc1NC(=O)CCCN(C)C. The maximum atomic E-state index is 14.5. The molecule has 2 aromatic carbocycles. The van der Waals surface area contributed by atoms with Crippen molar-refractivity contribution < 1.29 is 27.4 Å². The zero-order valence-electron chi connectivity index (χ0n) is 31.0. The van der Waals surface area contributed by atoms with E-state index < -0.39 is 18.1 Å². The largest absolute Gasteiger partial charge is 0.492 e. The van der Waals surface area contributed by atoms with Crippen molar-refractivity contribution in [3.05, 3.63) is 47.1 Å². The van der Waals surface area contributed by atoms with Crippen LogP contribution in [-0.2, 0) is 4.79 Å². The summed E-state index contributed by atoms with van der Waals surface area (Å²) in [5.74, 6) is -0.956. The van der Waals surface area contributed by atoms with E-state index in [0.717, 1.165) is 57.9 Å². The van der Waals surface area contributed by atoms with Crippen molar-refractivity contribution in [2.75, 3.05) is 51.0 Å². The second-order valence-electron chi connectivity index (χ2n) is 14.8. The summed E-state index contributed by atoms with van der Waals surface area (Å²) in [6.45, 7) is 3.37. The Hall–Kier alpha value is -3.79. The molecule has 13 heteroatoms. The number of benzene rings is 2. The maximum Gasteiger partial charge on any atom is 0.393 e. The van der Waals surface area contributed by atoms with Gasteiger partial charge in [0.1, 0.15) is 24.2 Å². The number of alkyl halides is 3. The quantitative estimate of drug-likeness (QED) is 0.168. The van der Waals surface area contributed by atoms with Crippen LogP contribution in [0, 0.1) is 22.7 Å². The number of rotatable bonds is 12. The summed E-state index contributed by atoms with van der Waals surface area (Å²) >= 11 is 6.66. The lowest BCUT2D eigenvalue weighted by molar-refractivity contribution is -0.202. The van der Waals surface area contributed by atoms with E-state index in [4.69, 9.17) is 21.1 Å². The van der Waals surface area contributed by atoms with Crippen molar-refractivity contribution in [1.82, 2.24) is 15.2 Å². The zero-order valence-corrected chi connectivity index (χ0v) is 31.8. The van der Waals surface area contributed by atoms with Gasteiger partial charge in [-0.2, -0.15) is 18.4 Å². The molecule has 2 atom stereocenters. The third-order valence-electron chi connectivity index (χ3n) is 10.5. The van der Waals surface area contributed by atoms with Crippen LogP contribution in [0.15, 0.2) is 36.5 Å². The fourth-order valence-corrected chi connectivity index (χ4v) is 7.91. The van der Waals surface area contributed by atoms with Crippen LogP contribution in [-0.4, -0.2) is 68.4 Å². The molecule has 1 saturated heterocycles. The van der Waals surface area contributed by atoms with Gasteiger partial charge in [-0.1, -0.05) is 56.5 Å². The van der Waals surface area contributed by atoms with E-state index in [9.17, 15) is 23.2 Å². The standard InChI is InChI=1S/C40H52ClF3N6O3/c1-4-52-36-21-32-29(20-33(36)49-37(51)13-12-18-50(2)3)38(27(23-45)24-46-32)48-28-14-15-35(31(41)19-28)53-25-34-30(40(42,43)44)22-39(26-47-34)16-10-8-6-5-7-9-11-17-39/h14-15,19-21,24,30,34,47H,4-13,16-18,22,25-26H2,1-3H3,(H,46,48)(H,49,51). The number of hydrogen-bond acceptors (Lipinski definition) is 8. The lowest BCUT2D eigenvalue weighted by Gasteiger charge is -2.46. The Morgan fingerprint density at radius 3 is 2.43 bits per heavy atom. The molecule has 288 valence electrons. The van der Waals surface area contributed by atoms with Gasteiger partial charge in [0.2, 0.25) is 5.91 Å². The van der Waals surface area contributed by atoms with Crippen molar-refractivity contribution in [3.8, 4) is 17.6 Å². The summed E-state index contributed by atoms with van der Waals surface area (Å²) in [5, 5.41) is 20.3. The van der Waals surface area contributed by atoms with Gasteiger partial charge in [0.15, 0.2) is 0 Å². The summed E-state index contributed by atoms with van der Waals surface area (Å²) < 4.78 is 55.4. The highest BCUT2D eigenvalue weighted by atomic mass is 35.5. The third-order valence-corrected chi connectivity index (χ3v) is 10.8. The highest BCUT2D eigenvalue weighted by Crippen LogP contribution is 2.47. The molecule has 2 heterocycles. The van der Waals surface area contributed by atoms with Gasteiger partial charge < -0.3 is 30.3 Å². The van der Waals surface area contributed by atoms with Crippen LogP contribution < -0.4 is 25.4 Å². The van der Waals surface area contributed by atoms with Crippen molar-refractivity contribution >= 4 is 45.5 Å². The number of amides is 1. The van der Waals surface area contributed by atoms with E-state index in [1.807, 2.05) is 25.9 Å². The molecule has 3 aromatic rings. The third kappa shape index (κ3) is 10.9. The summed E-state index contributed by atoms with van der Waals surface area (Å²) in [4.78, 5) is 19.3. The van der Waals surface area contributed by atoms with Gasteiger partial charge in [-0.05, 0) is 82.9 Å². The molecule has 1 aromatic heterocycles. The molecule has 1 saturated carbocycles. The summed E-state index contributed by atoms with van der Waals surface area (Å²) in [6.07, 6.45) is 7.49. The molecule has 1 aliphatic heterocycles. The average Bonchev–Trinajstić information content (AvgIpc) is 3.11. The molecule has 2 aliphatic rings. The summed E-state index contributed by atoms with van der Waals surface area (Å²) in [7, 11) is 3.90. The number of nitrogens with one attached hydrogen (secondary N) is 3. The number of pyridine rings is 1. The lowest BCUT2D eigenvalue weighted by atomic mass is 9.67. The zero-order chi connectivity index (χ0) is 38.0. The Bertz CT molecular complexity index is 1740. The number of nitrogens with zero attached hydrogens (tertiary/aromatic N) is 3. The second-order valence-corrected chi connectivity index (χ2v) is 15.2. The van der Waals surface area contributed by atoms with Crippen molar-refractivity contribution in [1.29, 1.82) is 5.26 Å².